The van der Waals surface area contributed by atoms with E-state index >= 15 is 0 Å². The molecule has 0 radical (unpaired) electrons. The molecule has 1 heteroatoms. The molecule has 1 aliphatic carbocycles. The lowest BCUT2D eigenvalue weighted by Crippen LogP contribution is -2.14. The number of methoxy groups -OCH3 is 1. The summed E-state index contributed by atoms with van der Waals surface area (Å²) in [6.45, 7) is 4.55. The van der Waals surface area contributed by atoms with Gasteiger partial charge in [0.15, 0.2) is 0 Å². The maximum atomic E-state index is 5.44. The SMILES string of the molecule is C=CCCCC1CCC(c2cc(COC)ccc2-c2ccc(-c3ccccc3)cc2)CC1. The Hall–Kier alpha value is -2.64. The molecule has 3 aromatic carbocycles. The molecule has 0 N–H and O–H groups in total. The van der Waals surface area contributed by atoms with Crippen molar-refractivity contribution in [3.63, 3.8) is 0 Å². The van der Waals surface area contributed by atoms with Crippen LogP contribution in [-0.4, -0.2) is 7.11 Å². The van der Waals surface area contributed by atoms with E-state index in [4.69, 9.17) is 4.74 Å². The predicted octanol–water partition coefficient (Wildman–Crippen LogP) is 8.80. The second-order valence-electron chi connectivity index (χ2n) is 9.24. The monoisotopic (exact) mass is 424 g/mol. The zero-order valence-corrected chi connectivity index (χ0v) is 19.4. The van der Waals surface area contributed by atoms with Crippen molar-refractivity contribution in [3.05, 3.63) is 96.6 Å². The van der Waals surface area contributed by atoms with Gasteiger partial charge >= 0.3 is 0 Å². The highest BCUT2D eigenvalue weighted by Crippen LogP contribution is 2.42. The van der Waals surface area contributed by atoms with Gasteiger partial charge in [0.1, 0.15) is 0 Å². The van der Waals surface area contributed by atoms with Gasteiger partial charge in [-0.25, -0.2) is 0 Å². The smallest absolute Gasteiger partial charge is 0.0713 e. The van der Waals surface area contributed by atoms with Crippen molar-refractivity contribution in [3.8, 4) is 22.3 Å². The molecule has 1 nitrogen and oxygen atoms in total. The van der Waals surface area contributed by atoms with Gasteiger partial charge in [0.05, 0.1) is 6.61 Å². The average Bonchev–Trinajstić information content (AvgIpc) is 2.86. The fraction of sp³-hybridized carbons (Fsp3) is 0.355. The van der Waals surface area contributed by atoms with E-state index in [0.717, 1.165) is 12.3 Å². The maximum absolute atomic E-state index is 5.44. The molecule has 0 spiro atoms. The summed E-state index contributed by atoms with van der Waals surface area (Å²) in [5, 5.41) is 0. The Morgan fingerprint density at radius 2 is 1.53 bits per heavy atom. The Balaban J connectivity index is 1.56. The van der Waals surface area contributed by atoms with Crippen molar-refractivity contribution in [2.75, 3.05) is 7.11 Å². The first-order valence-electron chi connectivity index (χ1n) is 12.2. The minimum atomic E-state index is 0.645. The van der Waals surface area contributed by atoms with E-state index in [1.165, 1.54) is 71.9 Å². The summed E-state index contributed by atoms with van der Waals surface area (Å²) in [6.07, 6.45) is 11.2. The second-order valence-corrected chi connectivity index (χ2v) is 9.24. The van der Waals surface area contributed by atoms with Crippen LogP contribution in [0, 0.1) is 5.92 Å². The largest absolute Gasteiger partial charge is 0.380 e. The van der Waals surface area contributed by atoms with E-state index < -0.39 is 0 Å². The highest BCUT2D eigenvalue weighted by atomic mass is 16.5. The van der Waals surface area contributed by atoms with Crippen LogP contribution in [0.3, 0.4) is 0 Å². The van der Waals surface area contributed by atoms with E-state index in [0.29, 0.717) is 12.5 Å². The first-order valence-corrected chi connectivity index (χ1v) is 12.2. The van der Waals surface area contributed by atoms with Crippen LogP contribution < -0.4 is 0 Å². The van der Waals surface area contributed by atoms with E-state index in [1.807, 2.05) is 0 Å². The first kappa shape index (κ1) is 22.6. The lowest BCUT2D eigenvalue weighted by molar-refractivity contribution is 0.184. The standard InChI is InChI=1S/C31H36O/c1-3-4-6-9-24-12-15-29(16-13-24)31-22-25(23-32-2)14-21-30(31)28-19-17-27(18-20-28)26-10-7-5-8-11-26/h3,5,7-8,10-11,14,17-22,24,29H,1,4,6,9,12-13,15-16,23H2,2H3. The van der Waals surface area contributed by atoms with Gasteiger partial charge in [-0.05, 0) is 83.7 Å². The summed E-state index contributed by atoms with van der Waals surface area (Å²) in [7, 11) is 1.78. The fourth-order valence-corrected chi connectivity index (χ4v) is 5.26. The molecular formula is C31H36O. The highest BCUT2D eigenvalue weighted by Gasteiger charge is 2.24. The molecule has 32 heavy (non-hydrogen) atoms. The molecule has 0 aliphatic heterocycles. The Kier molecular flexibility index (Phi) is 7.96. The second kappa shape index (κ2) is 11.3. The summed E-state index contributed by atoms with van der Waals surface area (Å²) in [6, 6.07) is 26.7. The normalized spacial score (nSPS) is 18.4. The van der Waals surface area contributed by atoms with Crippen LogP contribution in [0.25, 0.3) is 22.3 Å². The molecule has 0 bridgehead atoms. The minimum Gasteiger partial charge on any atom is -0.380 e. The van der Waals surface area contributed by atoms with Crippen LogP contribution in [-0.2, 0) is 11.3 Å². The Bertz CT molecular complexity index is 979. The van der Waals surface area contributed by atoms with Gasteiger partial charge in [0.25, 0.3) is 0 Å². The van der Waals surface area contributed by atoms with Gasteiger partial charge in [-0.2, -0.15) is 0 Å². The first-order chi connectivity index (χ1) is 15.8. The molecule has 0 aromatic heterocycles. The van der Waals surface area contributed by atoms with Crippen LogP contribution in [0.2, 0.25) is 0 Å². The summed E-state index contributed by atoms with van der Waals surface area (Å²) in [5.41, 5.74) is 8.03. The third-order valence-corrected chi connectivity index (χ3v) is 7.04. The van der Waals surface area contributed by atoms with Crippen molar-refractivity contribution in [1.29, 1.82) is 0 Å². The molecular weight excluding hydrogens is 388 g/mol. The zero-order valence-electron chi connectivity index (χ0n) is 19.4. The molecule has 1 fully saturated rings. The van der Waals surface area contributed by atoms with Crippen LogP contribution in [0.15, 0.2) is 85.5 Å². The third-order valence-electron chi connectivity index (χ3n) is 7.04. The van der Waals surface area contributed by atoms with E-state index in [-0.39, 0.29) is 0 Å². The lowest BCUT2D eigenvalue weighted by atomic mass is 9.75. The Morgan fingerprint density at radius 3 is 2.22 bits per heavy atom. The molecule has 0 atom stereocenters. The van der Waals surface area contributed by atoms with E-state index in [1.54, 1.807) is 7.11 Å². The van der Waals surface area contributed by atoms with Gasteiger partial charge in [-0.1, -0.05) is 85.3 Å². The van der Waals surface area contributed by atoms with Crippen molar-refractivity contribution >= 4 is 0 Å². The maximum Gasteiger partial charge on any atom is 0.0713 e. The molecule has 166 valence electrons. The van der Waals surface area contributed by atoms with Crippen molar-refractivity contribution in [2.45, 2.75) is 57.5 Å². The van der Waals surface area contributed by atoms with Crippen LogP contribution in [0.1, 0.15) is 62.0 Å². The minimum absolute atomic E-state index is 0.645. The summed E-state index contributed by atoms with van der Waals surface area (Å²) in [4.78, 5) is 0. The molecule has 0 unspecified atom stereocenters. The summed E-state index contributed by atoms with van der Waals surface area (Å²) in [5.74, 6) is 1.54. The topological polar surface area (TPSA) is 9.23 Å². The van der Waals surface area contributed by atoms with Gasteiger partial charge in [0.2, 0.25) is 0 Å². The number of hydrogen-bond acceptors (Lipinski definition) is 1. The molecule has 0 amide bonds. The summed E-state index contributed by atoms with van der Waals surface area (Å²) >= 11 is 0. The number of rotatable bonds is 9. The lowest BCUT2D eigenvalue weighted by Gasteiger charge is -2.30. The highest BCUT2D eigenvalue weighted by molar-refractivity contribution is 5.73. The molecule has 0 saturated heterocycles. The number of unbranched alkanes of at least 4 members (excludes halogenated alkanes) is 1. The Labute approximate surface area is 194 Å². The molecule has 0 heterocycles. The van der Waals surface area contributed by atoms with Gasteiger partial charge in [0, 0.05) is 7.11 Å². The molecule has 4 rings (SSSR count). The van der Waals surface area contributed by atoms with Crippen LogP contribution in [0.5, 0.6) is 0 Å². The van der Waals surface area contributed by atoms with Crippen LogP contribution in [0.4, 0.5) is 0 Å². The fourth-order valence-electron chi connectivity index (χ4n) is 5.26. The predicted molar refractivity (Wildman–Crippen MR) is 137 cm³/mol. The molecule has 1 aliphatic rings. The van der Waals surface area contributed by atoms with Crippen molar-refractivity contribution in [1.82, 2.24) is 0 Å². The quantitative estimate of drug-likeness (QED) is 0.246. The number of benzene rings is 3. The zero-order chi connectivity index (χ0) is 22.2. The number of allylic oxidation sites excluding steroid dienone is 1. The van der Waals surface area contributed by atoms with E-state index in [2.05, 4.69) is 85.5 Å². The third kappa shape index (κ3) is 5.58. The number of hydrogen-bond donors (Lipinski definition) is 0. The van der Waals surface area contributed by atoms with Crippen molar-refractivity contribution in [2.24, 2.45) is 5.92 Å². The van der Waals surface area contributed by atoms with Gasteiger partial charge in [-0.3, -0.25) is 0 Å². The Morgan fingerprint density at radius 1 is 0.844 bits per heavy atom. The molecule has 3 aromatic rings. The van der Waals surface area contributed by atoms with Crippen LogP contribution >= 0.6 is 0 Å². The average molecular weight is 425 g/mol. The van der Waals surface area contributed by atoms with Gasteiger partial charge < -0.3 is 4.74 Å². The van der Waals surface area contributed by atoms with Gasteiger partial charge in [-0.15, -0.1) is 6.58 Å². The van der Waals surface area contributed by atoms with Crippen molar-refractivity contribution < 1.29 is 4.74 Å². The molecule has 1 saturated carbocycles. The van der Waals surface area contributed by atoms with E-state index in [9.17, 15) is 0 Å². The number of ether oxygens (including phenoxy) is 1. The summed E-state index contributed by atoms with van der Waals surface area (Å²) < 4.78 is 5.44.